The standard InChI is InChI=1S/C20H30N4O3S/c1-16-6-5-10-23(13-16)28(26,27)21-12-19-15-24(18-9-11-22(19)14-18)20(25)17-7-3-2-4-8-17/h2-4,7-8,16,18-19,21H,5-6,9-15H2,1H3/t16-,18+,19-/m1/s1. The van der Waals surface area contributed by atoms with E-state index >= 15 is 0 Å². The van der Waals surface area contributed by atoms with Crippen LogP contribution in [0, 0.1) is 5.92 Å². The van der Waals surface area contributed by atoms with Crippen LogP contribution in [0.15, 0.2) is 30.3 Å². The summed E-state index contributed by atoms with van der Waals surface area (Å²) in [6.07, 6.45) is 2.95. The van der Waals surface area contributed by atoms with Gasteiger partial charge in [0, 0.05) is 56.9 Å². The van der Waals surface area contributed by atoms with Crippen molar-refractivity contribution < 1.29 is 13.2 Å². The minimum Gasteiger partial charge on any atom is -0.333 e. The molecule has 4 atom stereocenters. The largest absolute Gasteiger partial charge is 0.333 e. The van der Waals surface area contributed by atoms with Crippen LogP contribution in [0.1, 0.15) is 36.5 Å². The summed E-state index contributed by atoms with van der Waals surface area (Å²) in [6, 6.07) is 9.60. The molecule has 0 saturated carbocycles. The Kier molecular flexibility index (Phi) is 5.73. The Morgan fingerprint density at radius 3 is 2.64 bits per heavy atom. The van der Waals surface area contributed by atoms with Crippen LogP contribution in [-0.2, 0) is 10.2 Å². The van der Waals surface area contributed by atoms with Crippen molar-refractivity contribution in [1.29, 1.82) is 0 Å². The van der Waals surface area contributed by atoms with Crippen molar-refractivity contribution in [2.24, 2.45) is 5.92 Å². The van der Waals surface area contributed by atoms with Gasteiger partial charge in [0.2, 0.25) is 0 Å². The highest BCUT2D eigenvalue weighted by atomic mass is 32.2. The Hall–Kier alpha value is -1.48. The number of nitrogens with zero attached hydrogens (tertiary/aromatic N) is 3. The summed E-state index contributed by atoms with van der Waals surface area (Å²) in [5.74, 6) is 0.447. The third-order valence-electron chi connectivity index (χ3n) is 6.30. The zero-order valence-electron chi connectivity index (χ0n) is 16.5. The quantitative estimate of drug-likeness (QED) is 0.796. The summed E-state index contributed by atoms with van der Waals surface area (Å²) < 4.78 is 29.9. The van der Waals surface area contributed by atoms with Crippen LogP contribution in [-0.4, -0.2) is 79.8 Å². The summed E-state index contributed by atoms with van der Waals surface area (Å²) in [5, 5.41) is 0. The second kappa shape index (κ2) is 8.10. The Morgan fingerprint density at radius 2 is 1.89 bits per heavy atom. The number of hydrogen-bond donors (Lipinski definition) is 1. The predicted octanol–water partition coefficient (Wildman–Crippen LogP) is 1.15. The van der Waals surface area contributed by atoms with Gasteiger partial charge in [0.1, 0.15) is 0 Å². The summed E-state index contributed by atoms with van der Waals surface area (Å²) in [4.78, 5) is 17.2. The van der Waals surface area contributed by atoms with E-state index in [-0.39, 0.29) is 18.0 Å². The number of nitrogens with one attached hydrogen (secondary N) is 1. The fraction of sp³-hybridized carbons (Fsp3) is 0.650. The van der Waals surface area contributed by atoms with Gasteiger partial charge >= 0.3 is 0 Å². The lowest BCUT2D eigenvalue weighted by atomic mass is 10.0. The monoisotopic (exact) mass is 406 g/mol. The van der Waals surface area contributed by atoms with Gasteiger partial charge in [-0.05, 0) is 37.3 Å². The van der Waals surface area contributed by atoms with Gasteiger partial charge in [-0.25, -0.2) is 4.72 Å². The van der Waals surface area contributed by atoms with E-state index in [1.54, 1.807) is 4.31 Å². The molecule has 1 unspecified atom stereocenters. The molecule has 2 bridgehead atoms. The number of piperidine rings is 1. The van der Waals surface area contributed by atoms with Gasteiger partial charge < -0.3 is 4.90 Å². The van der Waals surface area contributed by atoms with Gasteiger partial charge in [-0.2, -0.15) is 12.7 Å². The number of amides is 1. The number of carbonyl (C=O) groups excluding carboxylic acids is 1. The van der Waals surface area contributed by atoms with Crippen LogP contribution in [0.4, 0.5) is 0 Å². The van der Waals surface area contributed by atoms with Crippen LogP contribution in [0.2, 0.25) is 0 Å². The zero-order valence-corrected chi connectivity index (χ0v) is 17.3. The van der Waals surface area contributed by atoms with Crippen molar-refractivity contribution in [3.63, 3.8) is 0 Å². The number of benzene rings is 1. The van der Waals surface area contributed by atoms with Crippen LogP contribution in [0.5, 0.6) is 0 Å². The van der Waals surface area contributed by atoms with E-state index in [1.807, 2.05) is 35.2 Å². The molecule has 4 rings (SSSR count). The van der Waals surface area contributed by atoms with Crippen molar-refractivity contribution in [2.45, 2.75) is 38.3 Å². The van der Waals surface area contributed by atoms with Crippen LogP contribution >= 0.6 is 0 Å². The predicted molar refractivity (Wildman–Crippen MR) is 108 cm³/mol. The van der Waals surface area contributed by atoms with Crippen molar-refractivity contribution >= 4 is 16.1 Å². The molecule has 8 heteroatoms. The molecule has 7 nitrogen and oxygen atoms in total. The van der Waals surface area contributed by atoms with Gasteiger partial charge in [0.05, 0.1) is 0 Å². The Balaban J connectivity index is 1.41. The van der Waals surface area contributed by atoms with E-state index in [0.717, 1.165) is 32.4 Å². The second-order valence-electron chi connectivity index (χ2n) is 8.37. The lowest BCUT2D eigenvalue weighted by Gasteiger charge is -2.40. The molecule has 154 valence electrons. The van der Waals surface area contributed by atoms with Crippen molar-refractivity contribution in [1.82, 2.24) is 18.8 Å². The average molecular weight is 407 g/mol. The first kappa shape index (κ1) is 19.8. The lowest BCUT2D eigenvalue weighted by Crippen LogP contribution is -2.58. The normalized spacial score (nSPS) is 31.1. The molecule has 1 N–H and O–H groups in total. The molecular weight excluding hydrogens is 376 g/mol. The van der Waals surface area contributed by atoms with Crippen LogP contribution < -0.4 is 4.72 Å². The Morgan fingerprint density at radius 1 is 1.11 bits per heavy atom. The molecule has 1 aromatic carbocycles. The van der Waals surface area contributed by atoms with Gasteiger partial charge in [0.15, 0.2) is 0 Å². The zero-order chi connectivity index (χ0) is 19.7. The van der Waals surface area contributed by atoms with E-state index in [4.69, 9.17) is 0 Å². The third kappa shape index (κ3) is 4.10. The SMILES string of the molecule is C[C@@H]1CCCN(S(=O)(=O)NC[C@@H]2CN(C(=O)c3ccccc3)[C@H]3CCN2C3)C1. The molecule has 3 aliphatic heterocycles. The fourth-order valence-corrected chi connectivity index (χ4v) is 6.10. The molecule has 3 heterocycles. The smallest absolute Gasteiger partial charge is 0.279 e. The molecule has 3 aliphatic rings. The van der Waals surface area contributed by atoms with E-state index < -0.39 is 10.2 Å². The Labute approximate surface area is 167 Å². The summed E-state index contributed by atoms with van der Waals surface area (Å²) in [5.41, 5.74) is 0.699. The van der Waals surface area contributed by atoms with E-state index in [9.17, 15) is 13.2 Å². The highest BCUT2D eigenvalue weighted by Gasteiger charge is 2.41. The Bertz CT molecular complexity index is 801. The average Bonchev–Trinajstić information content (AvgIpc) is 3.11. The van der Waals surface area contributed by atoms with Gasteiger partial charge in [-0.3, -0.25) is 9.69 Å². The van der Waals surface area contributed by atoms with E-state index in [2.05, 4.69) is 16.5 Å². The lowest BCUT2D eigenvalue weighted by molar-refractivity contribution is 0.0502. The summed E-state index contributed by atoms with van der Waals surface area (Å²) >= 11 is 0. The van der Waals surface area contributed by atoms with Gasteiger partial charge in [-0.15, -0.1) is 0 Å². The van der Waals surface area contributed by atoms with Crippen molar-refractivity contribution in [3.05, 3.63) is 35.9 Å². The first-order valence-electron chi connectivity index (χ1n) is 10.3. The molecular formula is C20H30N4O3S. The van der Waals surface area contributed by atoms with E-state index in [0.29, 0.717) is 37.7 Å². The molecule has 1 amide bonds. The highest BCUT2D eigenvalue weighted by Crippen LogP contribution is 2.26. The maximum atomic E-state index is 13.0. The first-order chi connectivity index (χ1) is 13.4. The van der Waals surface area contributed by atoms with Crippen molar-refractivity contribution in [3.8, 4) is 0 Å². The van der Waals surface area contributed by atoms with E-state index in [1.165, 1.54) is 0 Å². The van der Waals surface area contributed by atoms with Crippen LogP contribution in [0.25, 0.3) is 0 Å². The topological polar surface area (TPSA) is 73.0 Å². The minimum atomic E-state index is -3.47. The highest BCUT2D eigenvalue weighted by molar-refractivity contribution is 7.87. The molecule has 1 aromatic rings. The number of hydrogen-bond acceptors (Lipinski definition) is 4. The first-order valence-corrected chi connectivity index (χ1v) is 11.7. The fourth-order valence-electron chi connectivity index (χ4n) is 4.69. The third-order valence-corrected chi connectivity index (χ3v) is 7.84. The molecule has 3 saturated heterocycles. The minimum absolute atomic E-state index is 0.0170. The molecule has 28 heavy (non-hydrogen) atoms. The summed E-state index contributed by atoms with van der Waals surface area (Å²) in [6.45, 7) is 5.93. The summed E-state index contributed by atoms with van der Waals surface area (Å²) in [7, 11) is -3.47. The molecule has 3 fully saturated rings. The number of rotatable bonds is 5. The van der Waals surface area contributed by atoms with Gasteiger partial charge in [-0.1, -0.05) is 25.1 Å². The second-order valence-corrected chi connectivity index (χ2v) is 10.1. The number of carbonyl (C=O) groups is 1. The molecule has 0 aromatic heterocycles. The molecule has 0 spiro atoms. The molecule has 0 aliphatic carbocycles. The number of piperazine rings is 1. The van der Waals surface area contributed by atoms with Crippen LogP contribution in [0.3, 0.4) is 0 Å². The number of fused-ring (bicyclic) bond motifs is 2. The van der Waals surface area contributed by atoms with Crippen molar-refractivity contribution in [2.75, 3.05) is 39.3 Å². The van der Waals surface area contributed by atoms with Gasteiger partial charge in [0.25, 0.3) is 16.1 Å². The maximum absolute atomic E-state index is 13.0. The maximum Gasteiger partial charge on any atom is 0.279 e. The molecule has 0 radical (unpaired) electrons.